The van der Waals surface area contributed by atoms with E-state index in [9.17, 15) is 8.42 Å². The van der Waals surface area contributed by atoms with E-state index in [1.807, 2.05) is 6.92 Å². The molecule has 0 amide bonds. The Morgan fingerprint density at radius 2 is 2.00 bits per heavy atom. The number of rotatable bonds is 4. The van der Waals surface area contributed by atoms with Crippen molar-refractivity contribution in [1.29, 1.82) is 0 Å². The molecule has 0 saturated carbocycles. The topological polar surface area (TPSA) is 57.9 Å². The fourth-order valence-corrected chi connectivity index (χ4v) is 1.12. The Kier molecular flexibility index (Phi) is 3.89. The van der Waals surface area contributed by atoms with Gasteiger partial charge in [0, 0.05) is 0 Å². The highest BCUT2D eigenvalue weighted by Crippen LogP contribution is 2.06. The van der Waals surface area contributed by atoms with Crippen molar-refractivity contribution in [2.45, 2.75) is 38.4 Å². The molecule has 61 valence electrons. The van der Waals surface area contributed by atoms with Gasteiger partial charge in [-0.1, -0.05) is 19.8 Å². The highest BCUT2D eigenvalue weighted by atomic mass is 32.2. The van der Waals surface area contributed by atoms with Crippen molar-refractivity contribution >= 4 is 10.0 Å². The first kappa shape index (κ1) is 9.91. The van der Waals surface area contributed by atoms with Crippen LogP contribution >= 0.6 is 0 Å². The molecule has 0 aromatic carbocycles. The van der Waals surface area contributed by atoms with E-state index in [1.54, 1.807) is 6.92 Å². The van der Waals surface area contributed by atoms with E-state index in [0.717, 1.165) is 12.8 Å². The van der Waals surface area contributed by atoms with Gasteiger partial charge in [0.1, 0.15) is 0 Å². The minimum atomic E-state index is -3.53. The Morgan fingerprint density at radius 1 is 1.50 bits per heavy atom. The fourth-order valence-electron chi connectivity index (χ4n) is 0.647. The van der Waals surface area contributed by atoms with Crippen molar-refractivity contribution in [3.05, 3.63) is 0 Å². The highest BCUT2D eigenvalue weighted by Gasteiger charge is 2.14. The predicted octanol–water partition coefficient (Wildman–Crippen LogP) is 1.18. The summed E-state index contributed by atoms with van der Waals surface area (Å²) in [5, 5.41) is 6.20. The first-order valence-electron chi connectivity index (χ1n) is 3.47. The summed E-state index contributed by atoms with van der Waals surface area (Å²) in [7, 11) is -3.53. The van der Waals surface area contributed by atoms with E-state index >= 15 is 0 Å². The predicted molar refractivity (Wildman–Crippen MR) is 41.0 cm³/mol. The highest BCUT2D eigenvalue weighted by molar-refractivity contribution is 7.89. The zero-order chi connectivity index (χ0) is 8.20. The third-order valence-corrected chi connectivity index (χ3v) is 2.79. The van der Waals surface area contributed by atoms with Crippen LogP contribution in [0.1, 0.15) is 33.1 Å². The molecule has 3 nitrogen and oxygen atoms in total. The van der Waals surface area contributed by atoms with Crippen molar-refractivity contribution < 1.29 is 8.42 Å². The van der Waals surface area contributed by atoms with Gasteiger partial charge in [0.25, 0.3) is 0 Å². The van der Waals surface area contributed by atoms with Crippen LogP contribution in [0.2, 0.25) is 0 Å². The fraction of sp³-hybridized carbons (Fsp3) is 1.00. The molecule has 0 aromatic rings. The standard InChI is InChI=1S/C6H14NO2S/c1-3-4-5-6(2)10(7,8)9/h6-7H,3-5H2,1-2H3. The molecule has 0 fully saturated rings. The van der Waals surface area contributed by atoms with Crippen LogP contribution in [0.4, 0.5) is 0 Å². The molecule has 0 aliphatic heterocycles. The van der Waals surface area contributed by atoms with Gasteiger partial charge in [-0.05, 0) is 13.3 Å². The molecular formula is C6H14NO2S. The second kappa shape index (κ2) is 3.93. The molecule has 1 N–H and O–H groups in total. The van der Waals surface area contributed by atoms with Gasteiger partial charge in [0.15, 0.2) is 0 Å². The summed E-state index contributed by atoms with van der Waals surface area (Å²) < 4.78 is 21.0. The number of hydrogen-bond acceptors (Lipinski definition) is 2. The Hall–Kier alpha value is -0.0900. The van der Waals surface area contributed by atoms with Crippen LogP contribution in [-0.2, 0) is 10.0 Å². The second-order valence-corrected chi connectivity index (χ2v) is 4.39. The van der Waals surface area contributed by atoms with Crippen LogP contribution in [-0.4, -0.2) is 13.7 Å². The molecular weight excluding hydrogens is 150 g/mol. The Bertz CT molecular complexity index is 174. The number of unbranched alkanes of at least 4 members (excludes halogenated alkanes) is 1. The van der Waals surface area contributed by atoms with Crippen LogP contribution in [0, 0.1) is 0 Å². The minimum Gasteiger partial charge on any atom is -0.211 e. The quantitative estimate of drug-likeness (QED) is 0.626. The molecule has 4 heteroatoms. The zero-order valence-corrected chi connectivity index (χ0v) is 7.24. The maximum absolute atomic E-state index is 10.5. The van der Waals surface area contributed by atoms with Crippen molar-refractivity contribution in [3.63, 3.8) is 0 Å². The lowest BCUT2D eigenvalue weighted by Crippen LogP contribution is -2.17. The van der Waals surface area contributed by atoms with Gasteiger partial charge in [-0.15, -0.1) is 5.14 Å². The molecule has 1 radical (unpaired) electrons. The maximum atomic E-state index is 10.5. The smallest absolute Gasteiger partial charge is 0.211 e. The van der Waals surface area contributed by atoms with Gasteiger partial charge in [-0.2, -0.15) is 0 Å². The zero-order valence-electron chi connectivity index (χ0n) is 6.42. The summed E-state index contributed by atoms with van der Waals surface area (Å²) in [6.45, 7) is 3.58. The van der Waals surface area contributed by atoms with Crippen molar-refractivity contribution in [2.24, 2.45) is 0 Å². The van der Waals surface area contributed by atoms with Gasteiger partial charge in [0.2, 0.25) is 10.0 Å². The van der Waals surface area contributed by atoms with Gasteiger partial charge in [-0.3, -0.25) is 0 Å². The van der Waals surface area contributed by atoms with E-state index in [-0.39, 0.29) is 0 Å². The van der Waals surface area contributed by atoms with Crippen LogP contribution in [0.5, 0.6) is 0 Å². The average Bonchev–Trinajstić information content (AvgIpc) is 1.80. The molecule has 0 saturated heterocycles. The van der Waals surface area contributed by atoms with E-state index in [4.69, 9.17) is 5.14 Å². The van der Waals surface area contributed by atoms with Crippen molar-refractivity contribution in [1.82, 2.24) is 5.14 Å². The second-order valence-electron chi connectivity index (χ2n) is 2.50. The first-order valence-corrected chi connectivity index (χ1v) is 5.01. The van der Waals surface area contributed by atoms with Crippen LogP contribution < -0.4 is 5.14 Å². The van der Waals surface area contributed by atoms with E-state index in [0.29, 0.717) is 6.42 Å². The molecule has 1 atom stereocenters. The molecule has 0 aromatic heterocycles. The van der Waals surface area contributed by atoms with Crippen LogP contribution in [0.15, 0.2) is 0 Å². The maximum Gasteiger partial charge on any atom is 0.227 e. The molecule has 0 aliphatic rings. The summed E-state index contributed by atoms with van der Waals surface area (Å²) in [6, 6.07) is 0. The summed E-state index contributed by atoms with van der Waals surface area (Å²) in [5.74, 6) is 0. The summed E-state index contributed by atoms with van der Waals surface area (Å²) in [6.07, 6.45) is 2.49. The lowest BCUT2D eigenvalue weighted by Gasteiger charge is -2.05. The lowest BCUT2D eigenvalue weighted by molar-refractivity contribution is 0.571. The van der Waals surface area contributed by atoms with Crippen molar-refractivity contribution in [2.75, 3.05) is 0 Å². The molecule has 0 heterocycles. The molecule has 0 bridgehead atoms. The van der Waals surface area contributed by atoms with Gasteiger partial charge >= 0.3 is 0 Å². The lowest BCUT2D eigenvalue weighted by atomic mass is 10.2. The molecule has 1 unspecified atom stereocenters. The van der Waals surface area contributed by atoms with E-state index in [1.165, 1.54) is 0 Å². The number of nitrogens with one attached hydrogen (secondary N) is 1. The van der Waals surface area contributed by atoms with Crippen molar-refractivity contribution in [3.8, 4) is 0 Å². The monoisotopic (exact) mass is 164 g/mol. The molecule has 0 aliphatic carbocycles. The Morgan fingerprint density at radius 3 is 2.30 bits per heavy atom. The van der Waals surface area contributed by atoms with Crippen LogP contribution in [0.25, 0.3) is 0 Å². The Balaban J connectivity index is 3.75. The normalized spacial score (nSPS) is 15.1. The van der Waals surface area contributed by atoms with E-state index < -0.39 is 15.3 Å². The number of sulfonamides is 1. The molecule has 0 rings (SSSR count). The largest absolute Gasteiger partial charge is 0.227 e. The summed E-state index contributed by atoms with van der Waals surface area (Å²) >= 11 is 0. The van der Waals surface area contributed by atoms with E-state index in [2.05, 4.69) is 0 Å². The first-order chi connectivity index (χ1) is 4.48. The Labute approximate surface area is 62.7 Å². The van der Waals surface area contributed by atoms with Gasteiger partial charge in [-0.25, -0.2) is 8.42 Å². The van der Waals surface area contributed by atoms with Gasteiger partial charge in [0.05, 0.1) is 5.25 Å². The summed E-state index contributed by atoms with van der Waals surface area (Å²) in [5.41, 5.74) is 0. The average molecular weight is 164 g/mol. The van der Waals surface area contributed by atoms with Gasteiger partial charge < -0.3 is 0 Å². The molecule has 10 heavy (non-hydrogen) atoms. The minimum absolute atomic E-state index is 0.493. The SMILES string of the molecule is CCCCC(C)S([NH])(=O)=O. The summed E-state index contributed by atoms with van der Waals surface area (Å²) in [4.78, 5) is 0. The molecule has 0 spiro atoms. The third-order valence-electron chi connectivity index (χ3n) is 1.49. The van der Waals surface area contributed by atoms with Crippen LogP contribution in [0.3, 0.4) is 0 Å². The number of hydrogen-bond donors (Lipinski definition) is 0. The third kappa shape index (κ3) is 3.85.